The number of hydrogen-bond donors (Lipinski definition) is 3. The van der Waals surface area contributed by atoms with Crippen molar-refractivity contribution in [2.45, 2.75) is 65.2 Å². The van der Waals surface area contributed by atoms with Crippen LogP contribution in [-0.4, -0.2) is 254 Å². The van der Waals surface area contributed by atoms with Gasteiger partial charge in [-0.3, -0.25) is 9.44 Å². The molecule has 2 saturated carbocycles. The zero-order chi connectivity index (χ0) is 91.4. The van der Waals surface area contributed by atoms with Gasteiger partial charge in [0, 0.05) is 159 Å². The zero-order valence-corrected chi connectivity index (χ0v) is 78.0. The van der Waals surface area contributed by atoms with Crippen molar-refractivity contribution >= 4 is 196 Å². The molecule has 129 heavy (non-hydrogen) atoms. The van der Waals surface area contributed by atoms with E-state index in [0.717, 1.165) is 174 Å². The highest BCUT2D eigenvalue weighted by Crippen LogP contribution is 2.42. The van der Waals surface area contributed by atoms with Crippen molar-refractivity contribution in [2.75, 3.05) is 140 Å². The van der Waals surface area contributed by atoms with Gasteiger partial charge in [0.25, 0.3) is 19.1 Å². The van der Waals surface area contributed by atoms with Gasteiger partial charge in [0.2, 0.25) is 28.1 Å². The number of ether oxygens (including phenoxy) is 3. The number of carbonyl (C=O) groups is 3. The molecule has 8 aliphatic rings. The average Bonchev–Trinajstić information content (AvgIpc) is 1.63. The number of benzene rings is 5. The topological polar surface area (TPSA) is 396 Å². The van der Waals surface area contributed by atoms with Gasteiger partial charge in [-0.25, -0.2) is 95.2 Å². The number of fused-ring (bicyclic) bond motifs is 3. The summed E-state index contributed by atoms with van der Waals surface area (Å²) in [5, 5.41) is -0.476. The predicted molar refractivity (Wildman–Crippen MR) is 500 cm³/mol. The van der Waals surface area contributed by atoms with Crippen LogP contribution in [0.5, 0.6) is 0 Å². The maximum Gasteiger partial charge on any atom is 0.320 e. The number of nitrogens with one attached hydrogen (secondary N) is 2. The minimum Gasteiger partial charge on any atom is -0.399 e. The van der Waals surface area contributed by atoms with Gasteiger partial charge in [0.1, 0.15) is 30.6 Å². The molecule has 0 atom stereocenters. The Morgan fingerprint density at radius 1 is 0.411 bits per heavy atom. The Hall–Kier alpha value is -9.99. The molecule has 6 aromatic heterocycles. The van der Waals surface area contributed by atoms with Crippen molar-refractivity contribution in [3.8, 4) is 33.8 Å². The van der Waals surface area contributed by atoms with Crippen molar-refractivity contribution in [1.82, 2.24) is 59.3 Å². The molecule has 5 fully saturated rings. The van der Waals surface area contributed by atoms with E-state index in [0.29, 0.717) is 123 Å². The quantitative estimate of drug-likeness (QED) is 0.0672. The molecule has 4 N–H and O–H groups in total. The molecule has 19 rings (SSSR count). The number of carbonyl (C=O) groups excluding carboxylic acids is 3. The maximum absolute atomic E-state index is 13.2. The molecule has 6 aliphatic heterocycles. The number of nitrogens with zero attached hydrogens (tertiary/aromatic N) is 12. The molecule has 0 spiro atoms. The number of halogens is 5. The van der Waals surface area contributed by atoms with Crippen LogP contribution < -0.4 is 15.2 Å². The Morgan fingerprint density at radius 2 is 0.721 bits per heavy atom. The van der Waals surface area contributed by atoms with E-state index in [1.165, 1.54) is 40.1 Å². The molecule has 31 nitrogen and oxygen atoms in total. The third kappa shape index (κ3) is 25.8. The fourth-order valence-corrected chi connectivity index (χ4v) is 22.2. The smallest absolute Gasteiger partial charge is 0.320 e. The Labute approximate surface area is 770 Å². The first-order valence-electron chi connectivity index (χ1n) is 40.7. The molecule has 0 bridgehead atoms. The van der Waals surface area contributed by atoms with E-state index in [9.17, 15) is 65.3 Å². The summed E-state index contributed by atoms with van der Waals surface area (Å²) in [4.78, 5) is 79.9. The van der Waals surface area contributed by atoms with Crippen LogP contribution in [0.4, 0.5) is 40.2 Å². The Bertz CT molecular complexity index is 6600. The van der Waals surface area contributed by atoms with Crippen molar-refractivity contribution in [2.24, 2.45) is 0 Å². The number of amides is 6. The third-order valence-corrected chi connectivity index (χ3v) is 31.6. The number of rotatable bonds is 14. The summed E-state index contributed by atoms with van der Waals surface area (Å²) >= 11 is 4.98. The standard InChI is InChI=1S/C28H26FN5O4S2.C25H27N5O4S2.C22H23N5O2S.C6H4ClFO2S.C3H5ClO2S.CH3ClO2S/c29-21-3-7-23(8-4-21)40(36,37)32-22-5-1-20(2-6-22)26-27-24(30-18-31-26)17-25(39-27)19-9-11-33(12-10-19)28(35)34-13-15-38-16-14-34;31-25(30-11-13-34-14-12-30)29-9-7-17(8-10-29)22-15-21-24(35-22)23(27-16-26-21)18-1-3-19(4-2-18)28-36(32,33)20-5-6-20;23-17-3-1-16(2-4-17)20-21-18(24-14-25-20)13-19(30-21)15-5-7-26(8-6-15)22(28)27-9-11-29-12-10-27;7-11(9,10)6-3-1-5(8)2-4-6;4-7(5,6)3-1-2-3;1-5(2,3)4/h1-9,17-18,32H,10-16H2;1-4,7,15-16,20,28H,5-6,8-14H2;1-5,13-14H,6-12,23H2;1-4H;3H,1-2H2;1H3. The molecule has 2 aliphatic carbocycles. The number of aromatic nitrogens is 6. The number of sulfonamides is 2. The first kappa shape index (κ1) is 95.1. The molecule has 3 saturated heterocycles. The summed E-state index contributed by atoms with van der Waals surface area (Å²) in [7, 11) is -2.84. The van der Waals surface area contributed by atoms with Crippen LogP contribution >= 0.6 is 66.1 Å². The zero-order valence-electron chi connectivity index (χ0n) is 69.2. The lowest BCUT2D eigenvalue weighted by Gasteiger charge is -2.34. The molecular formula is C85H88Cl3F2N15O16S8. The molecule has 0 radical (unpaired) electrons. The Morgan fingerprint density at radius 3 is 1.01 bits per heavy atom. The summed E-state index contributed by atoms with van der Waals surface area (Å²) < 4.78 is 160. The number of anilines is 3. The molecule has 5 aromatic carbocycles. The molecule has 12 heterocycles. The molecule has 6 amide bonds. The monoisotopic (exact) mass is 1970 g/mol. The van der Waals surface area contributed by atoms with Crippen LogP contribution in [-0.2, 0) is 61.4 Å². The van der Waals surface area contributed by atoms with Crippen molar-refractivity contribution in [3.05, 3.63) is 203 Å². The van der Waals surface area contributed by atoms with Crippen LogP contribution in [0.3, 0.4) is 0 Å². The molecule has 0 unspecified atom stereocenters. The number of hydrogen-bond acceptors (Lipinski definition) is 26. The second-order valence-corrected chi connectivity index (χ2v) is 45.8. The molecule has 11 aromatic rings. The van der Waals surface area contributed by atoms with Gasteiger partial charge in [0.05, 0.1) is 114 Å². The second-order valence-electron chi connectivity index (χ2n) is 30.5. The van der Waals surface area contributed by atoms with Gasteiger partial charge < -0.3 is 49.3 Å². The number of nitrogens with two attached hydrogens (primary N) is 1. The number of thiophene rings is 3. The van der Waals surface area contributed by atoms with E-state index in [-0.39, 0.29) is 38.4 Å². The highest BCUT2D eigenvalue weighted by Gasteiger charge is 2.37. The fraction of sp³-hybridized carbons (Fsp3) is 0.329. The Kier molecular flexibility index (Phi) is 31.0. The number of morpholine rings is 3. The lowest BCUT2D eigenvalue weighted by Crippen LogP contribution is -2.49. The van der Waals surface area contributed by atoms with Crippen molar-refractivity contribution in [3.63, 3.8) is 0 Å². The lowest BCUT2D eigenvalue weighted by atomic mass is 10.1. The van der Waals surface area contributed by atoms with Gasteiger partial charge in [-0.05, 0) is 165 Å². The van der Waals surface area contributed by atoms with Gasteiger partial charge >= 0.3 is 18.1 Å². The first-order valence-corrected chi connectivity index (χ1v) is 53.6. The highest BCUT2D eigenvalue weighted by molar-refractivity contribution is 8.14. The third-order valence-electron chi connectivity index (χ3n) is 21.3. The summed E-state index contributed by atoms with van der Waals surface area (Å²) in [5.41, 5.74) is 19.1. The minimum absolute atomic E-state index is 0.0211. The van der Waals surface area contributed by atoms with E-state index in [1.54, 1.807) is 83.1 Å². The van der Waals surface area contributed by atoms with E-state index in [2.05, 4.69) is 86.5 Å². The molecule has 44 heteroatoms. The molecule has 682 valence electrons. The van der Waals surface area contributed by atoms with Crippen LogP contribution in [0.15, 0.2) is 187 Å². The number of urea groups is 3. The molecular weight excluding hydrogens is 1890 g/mol. The normalized spacial score (nSPS) is 16.9. The Balaban J connectivity index is 0.000000139. The summed E-state index contributed by atoms with van der Waals surface area (Å²) in [5.74, 6) is -0.995. The SMILES string of the molecule is CS(=O)(=O)Cl.Nc1ccc(-c2ncnc3cc(C4=CCN(C(=O)N5CCOCC5)CC4)sc23)cc1.O=C(N1CC=C(c2cc3ncnc(-c4ccc(NS(=O)(=O)C5CC5)cc4)c3s2)CC1)N1CCOCC1.O=C(N1CC=C(c2cc3ncnc(-c4ccc(NS(=O)(=O)c5ccc(F)cc5)cc4)c3s2)CC1)N1CCOCC1.O=S(=O)(Cl)C1CC1.O=S(=O)(Cl)c1ccc(F)cc1. The summed E-state index contributed by atoms with van der Waals surface area (Å²) in [6, 6.07) is 37.5. The van der Waals surface area contributed by atoms with Gasteiger partial charge in [0.15, 0.2) is 0 Å². The highest BCUT2D eigenvalue weighted by atomic mass is 35.7. The predicted octanol–water partition coefficient (Wildman–Crippen LogP) is 14.8. The van der Waals surface area contributed by atoms with Crippen LogP contribution in [0, 0.1) is 11.6 Å². The van der Waals surface area contributed by atoms with Crippen LogP contribution in [0.1, 0.15) is 59.6 Å². The first-order chi connectivity index (χ1) is 61.6. The van der Waals surface area contributed by atoms with Crippen LogP contribution in [0.2, 0.25) is 0 Å². The second kappa shape index (κ2) is 42.1. The number of nitrogen functional groups attached to an aromatic ring is 1. The summed E-state index contributed by atoms with van der Waals surface area (Å²) in [6.45, 7) is 11.4. The fourth-order valence-electron chi connectivity index (χ4n) is 14.2. The largest absolute Gasteiger partial charge is 0.399 e. The van der Waals surface area contributed by atoms with E-state index in [4.69, 9.17) is 41.3 Å². The van der Waals surface area contributed by atoms with E-state index >= 15 is 0 Å². The van der Waals surface area contributed by atoms with E-state index < -0.39 is 58.8 Å². The van der Waals surface area contributed by atoms with Crippen molar-refractivity contribution in [1.29, 1.82) is 0 Å². The van der Waals surface area contributed by atoms with Gasteiger partial charge in [-0.15, -0.1) is 34.0 Å². The van der Waals surface area contributed by atoms with Crippen molar-refractivity contribution < 1.29 is 79.5 Å². The average molecular weight is 1980 g/mol. The lowest BCUT2D eigenvalue weighted by molar-refractivity contribution is 0.0441. The maximum atomic E-state index is 13.2. The van der Waals surface area contributed by atoms with Gasteiger partial charge in [-0.2, -0.15) is 0 Å². The summed E-state index contributed by atoms with van der Waals surface area (Å²) in [6.07, 6.45) is 17.4. The van der Waals surface area contributed by atoms with Crippen LogP contribution in [0.25, 0.3) is 81.1 Å². The minimum atomic E-state index is -3.85. The van der Waals surface area contributed by atoms with E-state index in [1.807, 2.05) is 65.8 Å². The van der Waals surface area contributed by atoms with Gasteiger partial charge in [-0.1, -0.05) is 54.6 Å².